The van der Waals surface area contributed by atoms with Crippen LogP contribution in [0.1, 0.15) is 18.4 Å². The second-order valence-corrected chi connectivity index (χ2v) is 9.28. The Hall–Kier alpha value is -1.96. The van der Waals surface area contributed by atoms with Gasteiger partial charge in [0.05, 0.1) is 18.5 Å². The first-order valence-electron chi connectivity index (χ1n) is 9.06. The summed E-state index contributed by atoms with van der Waals surface area (Å²) in [5.41, 5.74) is 1.44. The van der Waals surface area contributed by atoms with Gasteiger partial charge in [-0.3, -0.25) is 9.10 Å². The van der Waals surface area contributed by atoms with Crippen LogP contribution in [-0.4, -0.2) is 40.3 Å². The molecule has 158 valence electrons. The Bertz CT molecular complexity index is 951. The van der Waals surface area contributed by atoms with Crippen LogP contribution >= 0.6 is 23.2 Å². The molecule has 9 heteroatoms. The van der Waals surface area contributed by atoms with Crippen molar-refractivity contribution in [3.63, 3.8) is 0 Å². The summed E-state index contributed by atoms with van der Waals surface area (Å²) in [7, 11) is -3.48. The lowest BCUT2D eigenvalue weighted by Crippen LogP contribution is -2.32. The third-order valence-corrected chi connectivity index (χ3v) is 5.93. The molecule has 2 aromatic rings. The lowest BCUT2D eigenvalue weighted by atomic mass is 10.2. The Morgan fingerprint density at radius 1 is 1.17 bits per heavy atom. The van der Waals surface area contributed by atoms with Crippen molar-refractivity contribution >= 4 is 44.8 Å². The molecule has 0 aliphatic carbocycles. The van der Waals surface area contributed by atoms with Crippen LogP contribution in [0.2, 0.25) is 10.0 Å². The quantitative estimate of drug-likeness (QED) is 0.544. The molecule has 1 N–H and O–H groups in total. The molecule has 29 heavy (non-hydrogen) atoms. The Labute approximate surface area is 181 Å². The number of benzene rings is 2. The normalized spacial score (nSPS) is 11.2. The third-order valence-electron chi connectivity index (χ3n) is 4.10. The lowest BCUT2D eigenvalue weighted by Gasteiger charge is -2.22. The van der Waals surface area contributed by atoms with Crippen molar-refractivity contribution in [2.45, 2.75) is 19.8 Å². The van der Waals surface area contributed by atoms with Crippen LogP contribution in [0.4, 0.5) is 5.69 Å². The number of hydrogen-bond acceptors (Lipinski definition) is 4. The predicted molar refractivity (Wildman–Crippen MR) is 118 cm³/mol. The lowest BCUT2D eigenvalue weighted by molar-refractivity contribution is -0.121. The maximum atomic E-state index is 12.1. The first-order valence-corrected chi connectivity index (χ1v) is 11.7. The highest BCUT2D eigenvalue weighted by atomic mass is 35.5. The molecule has 0 radical (unpaired) electrons. The van der Waals surface area contributed by atoms with Gasteiger partial charge in [0.2, 0.25) is 15.9 Å². The molecule has 0 saturated carbocycles. The van der Waals surface area contributed by atoms with Gasteiger partial charge in [0, 0.05) is 23.0 Å². The highest BCUT2D eigenvalue weighted by Gasteiger charge is 2.17. The average Bonchev–Trinajstić information content (AvgIpc) is 2.64. The van der Waals surface area contributed by atoms with Gasteiger partial charge in [-0.1, -0.05) is 35.3 Å². The molecular weight excluding hydrogens is 435 g/mol. The molecule has 0 aromatic heterocycles. The van der Waals surface area contributed by atoms with Gasteiger partial charge in [-0.15, -0.1) is 0 Å². The SMILES string of the molecule is Cc1ccc(OCCNC(=O)CCCN(c2cccc(Cl)c2)S(C)(=O)=O)cc1Cl. The van der Waals surface area contributed by atoms with Crippen molar-refractivity contribution in [3.8, 4) is 5.75 Å². The highest BCUT2D eigenvalue weighted by molar-refractivity contribution is 7.92. The number of amides is 1. The maximum Gasteiger partial charge on any atom is 0.232 e. The molecule has 0 heterocycles. The molecule has 0 aliphatic rings. The van der Waals surface area contributed by atoms with E-state index in [1.807, 2.05) is 19.1 Å². The summed E-state index contributed by atoms with van der Waals surface area (Å²) in [6.45, 7) is 2.74. The van der Waals surface area contributed by atoms with Crippen molar-refractivity contribution in [2.75, 3.05) is 30.3 Å². The molecule has 2 aromatic carbocycles. The summed E-state index contributed by atoms with van der Waals surface area (Å²) in [6.07, 6.45) is 1.70. The van der Waals surface area contributed by atoms with E-state index in [-0.39, 0.29) is 18.9 Å². The molecule has 0 spiro atoms. The molecule has 2 rings (SSSR count). The van der Waals surface area contributed by atoms with Crippen LogP contribution in [0.25, 0.3) is 0 Å². The van der Waals surface area contributed by atoms with Crippen LogP contribution in [-0.2, 0) is 14.8 Å². The number of anilines is 1. The van der Waals surface area contributed by atoms with E-state index in [0.29, 0.717) is 41.1 Å². The fourth-order valence-corrected chi connectivity index (χ4v) is 3.92. The van der Waals surface area contributed by atoms with E-state index in [2.05, 4.69) is 5.32 Å². The van der Waals surface area contributed by atoms with Crippen molar-refractivity contribution in [1.29, 1.82) is 0 Å². The number of ether oxygens (including phenoxy) is 1. The molecule has 1 amide bonds. The summed E-state index contributed by atoms with van der Waals surface area (Å²) in [6, 6.07) is 12.0. The smallest absolute Gasteiger partial charge is 0.232 e. The third kappa shape index (κ3) is 7.76. The minimum atomic E-state index is -3.48. The summed E-state index contributed by atoms with van der Waals surface area (Å²) >= 11 is 12.0. The number of halogens is 2. The van der Waals surface area contributed by atoms with Crippen LogP contribution in [0.3, 0.4) is 0 Å². The van der Waals surface area contributed by atoms with E-state index in [1.165, 1.54) is 4.31 Å². The summed E-state index contributed by atoms with van der Waals surface area (Å²) in [4.78, 5) is 12.0. The number of sulfonamides is 1. The van der Waals surface area contributed by atoms with Gasteiger partial charge in [-0.25, -0.2) is 8.42 Å². The zero-order valence-corrected chi connectivity index (χ0v) is 18.6. The second kappa shape index (κ2) is 10.7. The van der Waals surface area contributed by atoms with Crippen LogP contribution in [0, 0.1) is 6.92 Å². The van der Waals surface area contributed by atoms with Gasteiger partial charge in [-0.05, 0) is 49.2 Å². The van der Waals surface area contributed by atoms with E-state index >= 15 is 0 Å². The maximum absolute atomic E-state index is 12.1. The van der Waals surface area contributed by atoms with Crippen LogP contribution in [0.5, 0.6) is 5.75 Å². The Morgan fingerprint density at radius 3 is 2.59 bits per heavy atom. The van der Waals surface area contributed by atoms with E-state index in [0.717, 1.165) is 11.8 Å². The van der Waals surface area contributed by atoms with Crippen molar-refractivity contribution in [2.24, 2.45) is 0 Å². The summed E-state index contributed by atoms with van der Waals surface area (Å²) in [5.74, 6) is 0.468. The minimum Gasteiger partial charge on any atom is -0.492 e. The van der Waals surface area contributed by atoms with E-state index in [1.54, 1.807) is 30.3 Å². The molecule has 0 unspecified atom stereocenters. The topological polar surface area (TPSA) is 75.7 Å². The fraction of sp³-hybridized carbons (Fsp3) is 0.350. The van der Waals surface area contributed by atoms with Crippen LogP contribution in [0.15, 0.2) is 42.5 Å². The fourth-order valence-electron chi connectivity index (χ4n) is 2.61. The zero-order chi connectivity index (χ0) is 21.4. The number of nitrogens with one attached hydrogen (secondary N) is 1. The first-order chi connectivity index (χ1) is 13.7. The Kier molecular flexibility index (Phi) is 8.61. The van der Waals surface area contributed by atoms with Crippen molar-refractivity contribution in [3.05, 3.63) is 58.1 Å². The number of aryl methyl sites for hydroxylation is 1. The Morgan fingerprint density at radius 2 is 1.93 bits per heavy atom. The van der Waals surface area contributed by atoms with Gasteiger partial charge in [0.15, 0.2) is 0 Å². The van der Waals surface area contributed by atoms with Gasteiger partial charge in [0.25, 0.3) is 0 Å². The highest BCUT2D eigenvalue weighted by Crippen LogP contribution is 2.23. The van der Waals surface area contributed by atoms with Gasteiger partial charge in [-0.2, -0.15) is 0 Å². The number of carbonyl (C=O) groups excluding carboxylic acids is 1. The zero-order valence-electron chi connectivity index (χ0n) is 16.3. The number of hydrogen-bond donors (Lipinski definition) is 1. The van der Waals surface area contributed by atoms with E-state index in [4.69, 9.17) is 27.9 Å². The largest absolute Gasteiger partial charge is 0.492 e. The Balaban J connectivity index is 1.75. The number of carbonyl (C=O) groups is 1. The monoisotopic (exact) mass is 458 g/mol. The van der Waals surface area contributed by atoms with E-state index < -0.39 is 10.0 Å². The van der Waals surface area contributed by atoms with Crippen molar-refractivity contribution < 1.29 is 17.9 Å². The van der Waals surface area contributed by atoms with Crippen molar-refractivity contribution in [1.82, 2.24) is 5.32 Å². The summed E-state index contributed by atoms with van der Waals surface area (Å²) in [5, 5.41) is 3.83. The average molecular weight is 459 g/mol. The molecule has 0 aliphatic heterocycles. The molecule has 0 bridgehead atoms. The number of nitrogens with zero attached hydrogens (tertiary/aromatic N) is 1. The molecule has 0 fully saturated rings. The first kappa shape index (κ1) is 23.3. The van der Waals surface area contributed by atoms with Gasteiger partial charge in [0.1, 0.15) is 12.4 Å². The molecule has 0 saturated heterocycles. The van der Waals surface area contributed by atoms with Gasteiger partial charge >= 0.3 is 0 Å². The summed E-state index contributed by atoms with van der Waals surface area (Å²) < 4.78 is 30.9. The molecular formula is C20H24Cl2N2O4S. The second-order valence-electron chi connectivity index (χ2n) is 6.53. The minimum absolute atomic E-state index is 0.171. The van der Waals surface area contributed by atoms with Gasteiger partial charge < -0.3 is 10.1 Å². The number of rotatable bonds is 10. The van der Waals surface area contributed by atoms with Crippen LogP contribution < -0.4 is 14.4 Å². The predicted octanol–water partition coefficient (Wildman–Crippen LogP) is 4.04. The van der Waals surface area contributed by atoms with E-state index in [9.17, 15) is 13.2 Å². The molecule has 6 nitrogen and oxygen atoms in total. The standard InChI is InChI=1S/C20H24Cl2N2O4S/c1-15-8-9-18(14-19(15)22)28-12-10-23-20(25)7-4-11-24(29(2,26)27)17-6-3-5-16(21)13-17/h3,5-6,8-9,13-14H,4,7,10-12H2,1-2H3,(H,23,25). The molecule has 0 atom stereocenters.